The first kappa shape index (κ1) is 10.1. The second-order valence-electron chi connectivity index (χ2n) is 3.06. The van der Waals surface area contributed by atoms with E-state index in [9.17, 15) is 10.0 Å². The highest BCUT2D eigenvalue weighted by atomic mass is 16.5. The molecule has 1 heterocycles. The maximum absolute atomic E-state index is 11.1. The summed E-state index contributed by atoms with van der Waals surface area (Å²) >= 11 is 0. The number of nitrogens with one attached hydrogen (secondary N) is 1. The molecule has 0 aromatic carbocycles. The molecule has 0 bridgehead atoms. The van der Waals surface area contributed by atoms with Crippen molar-refractivity contribution in [3.8, 4) is 0 Å². The summed E-state index contributed by atoms with van der Waals surface area (Å²) in [7, 11) is 0. The number of nitrogens with zero attached hydrogens (tertiary/aromatic N) is 2. The molecule has 1 rings (SSSR count). The molecule has 0 aliphatic carbocycles. The van der Waals surface area contributed by atoms with Crippen LogP contribution >= 0.6 is 0 Å². The van der Waals surface area contributed by atoms with Gasteiger partial charge in [0.15, 0.2) is 0 Å². The van der Waals surface area contributed by atoms with Crippen LogP contribution < -0.4 is 5.43 Å². The van der Waals surface area contributed by atoms with Crippen molar-refractivity contribution in [1.29, 1.82) is 0 Å². The van der Waals surface area contributed by atoms with Gasteiger partial charge in [0, 0.05) is 0 Å². The van der Waals surface area contributed by atoms with Crippen LogP contribution in [-0.2, 0) is 4.79 Å². The van der Waals surface area contributed by atoms with Gasteiger partial charge in [-0.1, -0.05) is 19.8 Å². The number of hydroxylamine groups is 1. The molecule has 0 radical (unpaired) electrons. The Morgan fingerprint density at radius 1 is 1.69 bits per heavy atom. The normalized spacial score (nSPS) is 23.2. The van der Waals surface area contributed by atoms with Crippen LogP contribution in [0.25, 0.3) is 0 Å². The van der Waals surface area contributed by atoms with Crippen LogP contribution in [0, 0.1) is 5.21 Å². The molecule has 74 valence electrons. The third-order valence-electron chi connectivity index (χ3n) is 1.92. The van der Waals surface area contributed by atoms with Crippen LogP contribution in [0.4, 0.5) is 0 Å². The quantitative estimate of drug-likeness (QED) is 0.657. The lowest BCUT2D eigenvalue weighted by atomic mass is 10.2. The molecule has 1 amide bonds. The van der Waals surface area contributed by atoms with Crippen LogP contribution in [0.2, 0.25) is 0 Å². The van der Waals surface area contributed by atoms with Gasteiger partial charge in [0.2, 0.25) is 0 Å². The molecule has 5 heteroatoms. The molecule has 1 aliphatic heterocycles. The molecule has 1 atom stereocenters. The molecule has 0 aromatic heterocycles. The van der Waals surface area contributed by atoms with Gasteiger partial charge in [-0.3, -0.25) is 20.4 Å². The average Bonchev–Trinajstić information content (AvgIpc) is 2.09. The Morgan fingerprint density at radius 2 is 2.46 bits per heavy atom. The van der Waals surface area contributed by atoms with Crippen molar-refractivity contribution in [3.63, 3.8) is 0 Å². The van der Waals surface area contributed by atoms with Gasteiger partial charge < -0.3 is 5.21 Å². The summed E-state index contributed by atoms with van der Waals surface area (Å²) in [5, 5.41) is 11.6. The van der Waals surface area contributed by atoms with Gasteiger partial charge >= 0.3 is 0 Å². The molecule has 1 unspecified atom stereocenters. The molecular formula is C8H14N3O2-. The van der Waals surface area contributed by atoms with Crippen molar-refractivity contribution >= 4 is 12.1 Å². The summed E-state index contributed by atoms with van der Waals surface area (Å²) in [5.74, 6) is -0.443. The Bertz CT molecular complexity index is 206. The summed E-state index contributed by atoms with van der Waals surface area (Å²) in [4.78, 5) is 14.5. The number of aliphatic imine (C=N–C) groups is 1. The molecule has 1 N–H and O–H groups in total. The minimum atomic E-state index is -0.443. The van der Waals surface area contributed by atoms with Gasteiger partial charge in [0.05, 0.1) is 6.21 Å². The maximum Gasteiger partial charge on any atom is 0.275 e. The van der Waals surface area contributed by atoms with Crippen molar-refractivity contribution in [3.05, 3.63) is 5.21 Å². The molecule has 13 heavy (non-hydrogen) atoms. The van der Waals surface area contributed by atoms with Gasteiger partial charge in [0.1, 0.15) is 6.17 Å². The molecule has 0 saturated heterocycles. The number of amides is 1. The highest BCUT2D eigenvalue weighted by molar-refractivity contribution is 6.26. The largest absolute Gasteiger partial charge is 0.766 e. The predicted octanol–water partition coefficient (Wildman–Crippen LogP) is 0.808. The minimum absolute atomic E-state index is 0.427. The lowest BCUT2D eigenvalue weighted by Gasteiger charge is -2.36. The topological polar surface area (TPSA) is 67.8 Å². The Kier molecular flexibility index (Phi) is 3.85. The smallest absolute Gasteiger partial charge is 0.275 e. The zero-order valence-corrected chi connectivity index (χ0v) is 7.69. The average molecular weight is 184 g/mol. The molecule has 0 fully saturated rings. The van der Waals surface area contributed by atoms with E-state index in [4.69, 9.17) is 0 Å². The number of hydrogen-bond donors (Lipinski definition) is 1. The zero-order valence-electron chi connectivity index (χ0n) is 7.69. The first-order chi connectivity index (χ1) is 6.24. The van der Waals surface area contributed by atoms with Crippen molar-refractivity contribution in [1.82, 2.24) is 10.6 Å². The number of hydrazine groups is 1. The van der Waals surface area contributed by atoms with Crippen molar-refractivity contribution < 1.29 is 4.79 Å². The third kappa shape index (κ3) is 3.12. The Balaban J connectivity index is 2.32. The summed E-state index contributed by atoms with van der Waals surface area (Å²) in [6.07, 6.45) is 4.62. The van der Waals surface area contributed by atoms with E-state index in [-0.39, 0.29) is 0 Å². The van der Waals surface area contributed by atoms with E-state index in [1.54, 1.807) is 0 Å². The van der Waals surface area contributed by atoms with Crippen LogP contribution in [-0.4, -0.2) is 23.5 Å². The lowest BCUT2D eigenvalue weighted by Crippen LogP contribution is -2.48. The fraction of sp³-hybridized carbons (Fsp3) is 0.750. The number of rotatable bonds is 4. The van der Waals surface area contributed by atoms with Crippen molar-refractivity contribution in [2.45, 2.75) is 38.8 Å². The van der Waals surface area contributed by atoms with Crippen LogP contribution in [0.5, 0.6) is 0 Å². The first-order valence-electron chi connectivity index (χ1n) is 4.54. The van der Waals surface area contributed by atoms with Gasteiger partial charge in [-0.25, -0.2) is 0 Å². The summed E-state index contributed by atoms with van der Waals surface area (Å²) in [6, 6.07) is 0. The van der Waals surface area contributed by atoms with E-state index in [2.05, 4.69) is 17.3 Å². The van der Waals surface area contributed by atoms with Crippen molar-refractivity contribution in [2.75, 3.05) is 0 Å². The number of unbranched alkanes of at least 4 members (excludes halogenated alkanes) is 2. The molecule has 1 aliphatic rings. The zero-order chi connectivity index (χ0) is 9.68. The van der Waals surface area contributed by atoms with Gasteiger partial charge in [-0.15, -0.1) is 0 Å². The molecule has 0 aromatic rings. The van der Waals surface area contributed by atoms with E-state index in [1.165, 1.54) is 6.21 Å². The molecule has 0 saturated carbocycles. The van der Waals surface area contributed by atoms with E-state index in [1.807, 2.05) is 0 Å². The van der Waals surface area contributed by atoms with Crippen LogP contribution in [0.1, 0.15) is 32.6 Å². The highest BCUT2D eigenvalue weighted by Crippen LogP contribution is 2.10. The molecule has 5 nitrogen and oxygen atoms in total. The SMILES string of the molecule is CCCCCC1N=CC(=O)NN1[O-]. The van der Waals surface area contributed by atoms with Crippen LogP contribution in [0.15, 0.2) is 4.99 Å². The summed E-state index contributed by atoms with van der Waals surface area (Å²) in [6.45, 7) is 2.10. The second-order valence-corrected chi connectivity index (χ2v) is 3.06. The standard InChI is InChI=1S/C8H14N3O2/c1-2-3-4-5-7-9-6-8(12)10-11(7)13/h6-7H,2-5H2,1H3,(H,10,12)/q-1. The lowest BCUT2D eigenvalue weighted by molar-refractivity contribution is -0.119. The molecule has 0 spiro atoms. The van der Waals surface area contributed by atoms with E-state index >= 15 is 0 Å². The van der Waals surface area contributed by atoms with Gasteiger partial charge in [-0.2, -0.15) is 0 Å². The first-order valence-corrected chi connectivity index (χ1v) is 4.54. The highest BCUT2D eigenvalue weighted by Gasteiger charge is 2.14. The summed E-state index contributed by atoms with van der Waals surface area (Å²) < 4.78 is 0. The predicted molar refractivity (Wildman–Crippen MR) is 49.8 cm³/mol. The number of carbonyl (C=O) groups excluding carboxylic acids is 1. The molecular weight excluding hydrogens is 170 g/mol. The van der Waals surface area contributed by atoms with Gasteiger partial charge in [-0.05, 0) is 12.8 Å². The monoisotopic (exact) mass is 184 g/mol. The fourth-order valence-corrected chi connectivity index (χ4v) is 1.19. The number of hydrogen-bond acceptors (Lipinski definition) is 4. The van der Waals surface area contributed by atoms with E-state index in [0.29, 0.717) is 11.6 Å². The Labute approximate surface area is 77.4 Å². The van der Waals surface area contributed by atoms with E-state index < -0.39 is 12.1 Å². The van der Waals surface area contributed by atoms with E-state index in [0.717, 1.165) is 19.3 Å². The third-order valence-corrected chi connectivity index (χ3v) is 1.92. The second kappa shape index (κ2) is 4.94. The van der Waals surface area contributed by atoms with Crippen LogP contribution in [0.3, 0.4) is 0 Å². The minimum Gasteiger partial charge on any atom is -0.766 e. The fourth-order valence-electron chi connectivity index (χ4n) is 1.19. The Morgan fingerprint density at radius 3 is 3.08 bits per heavy atom. The Hall–Kier alpha value is -0.940. The summed E-state index contributed by atoms with van der Waals surface area (Å²) in [5.41, 5.74) is 2.15. The van der Waals surface area contributed by atoms with Gasteiger partial charge in [0.25, 0.3) is 5.91 Å². The maximum atomic E-state index is 11.1. The van der Waals surface area contributed by atoms with Crippen molar-refractivity contribution in [2.24, 2.45) is 4.99 Å². The number of carbonyl (C=O) groups is 1.